The molecule has 2 aromatic carbocycles. The molecule has 25 heavy (non-hydrogen) atoms. The van der Waals surface area contributed by atoms with Crippen LogP contribution in [0, 0.1) is 6.92 Å². The molecule has 0 saturated carbocycles. The van der Waals surface area contributed by atoms with Crippen molar-refractivity contribution < 1.29 is 29.3 Å². The summed E-state index contributed by atoms with van der Waals surface area (Å²) in [5.41, 5.74) is 3.53. The summed E-state index contributed by atoms with van der Waals surface area (Å²) >= 11 is 3.47. The highest BCUT2D eigenvalue weighted by atomic mass is 79.9. The molecule has 1 heterocycles. The van der Waals surface area contributed by atoms with E-state index in [0.717, 1.165) is 28.2 Å². The molecule has 8 heteroatoms. The van der Waals surface area contributed by atoms with Crippen LogP contribution in [0.4, 0.5) is 5.69 Å². The van der Waals surface area contributed by atoms with Gasteiger partial charge in [-0.3, -0.25) is 0 Å². The molecule has 0 saturated heterocycles. The third-order valence-electron chi connectivity index (χ3n) is 3.29. The number of aliphatic carboxylic acids is 2. The van der Waals surface area contributed by atoms with Gasteiger partial charge in [-0.05, 0) is 48.4 Å². The monoisotopic (exact) mass is 409 g/mol. The molecule has 0 aromatic heterocycles. The molecule has 7 nitrogen and oxygen atoms in total. The van der Waals surface area contributed by atoms with Gasteiger partial charge >= 0.3 is 11.9 Å². The first-order valence-electron chi connectivity index (χ1n) is 7.21. The summed E-state index contributed by atoms with van der Waals surface area (Å²) in [7, 11) is 0. The first kappa shape index (κ1) is 18.6. The van der Waals surface area contributed by atoms with Crippen molar-refractivity contribution in [1.29, 1.82) is 0 Å². The van der Waals surface area contributed by atoms with E-state index in [4.69, 9.17) is 29.3 Å². The zero-order chi connectivity index (χ0) is 18.4. The van der Waals surface area contributed by atoms with Crippen LogP contribution >= 0.6 is 15.9 Å². The number of rotatable bonds is 3. The Kier molecular flexibility index (Phi) is 6.24. The smallest absolute Gasteiger partial charge is 0.414 e. The van der Waals surface area contributed by atoms with Crippen molar-refractivity contribution in [3.8, 4) is 11.5 Å². The van der Waals surface area contributed by atoms with Gasteiger partial charge < -0.3 is 25.0 Å². The van der Waals surface area contributed by atoms with Crippen molar-refractivity contribution in [2.45, 2.75) is 13.5 Å². The van der Waals surface area contributed by atoms with E-state index in [9.17, 15) is 0 Å². The Morgan fingerprint density at radius 3 is 2.40 bits per heavy atom. The molecule has 1 aliphatic rings. The number of aryl methyl sites for hydroxylation is 1. The molecule has 2 aromatic rings. The molecule has 0 radical (unpaired) electrons. The van der Waals surface area contributed by atoms with Gasteiger partial charge in [-0.1, -0.05) is 22.0 Å². The van der Waals surface area contributed by atoms with Gasteiger partial charge in [-0.2, -0.15) is 0 Å². The first-order chi connectivity index (χ1) is 11.9. The van der Waals surface area contributed by atoms with Crippen molar-refractivity contribution in [2.75, 3.05) is 12.1 Å². The maximum atomic E-state index is 9.10. The molecule has 1 aliphatic heterocycles. The van der Waals surface area contributed by atoms with Gasteiger partial charge in [-0.25, -0.2) is 9.59 Å². The third-order valence-corrected chi connectivity index (χ3v) is 3.78. The highest BCUT2D eigenvalue weighted by molar-refractivity contribution is 9.10. The lowest BCUT2D eigenvalue weighted by molar-refractivity contribution is -0.159. The van der Waals surface area contributed by atoms with Gasteiger partial charge in [0.05, 0.1) is 0 Å². The second-order valence-corrected chi connectivity index (χ2v) is 6.03. The number of fused-ring (bicyclic) bond motifs is 1. The van der Waals surface area contributed by atoms with Crippen LogP contribution in [0.3, 0.4) is 0 Å². The predicted octanol–water partition coefficient (Wildman–Crippen LogP) is 3.25. The highest BCUT2D eigenvalue weighted by Crippen LogP contribution is 2.32. The van der Waals surface area contributed by atoms with Crippen molar-refractivity contribution in [3.05, 3.63) is 52.0 Å². The quantitative estimate of drug-likeness (QED) is 0.668. The summed E-state index contributed by atoms with van der Waals surface area (Å²) in [5.74, 6) is -2.00. The summed E-state index contributed by atoms with van der Waals surface area (Å²) in [4.78, 5) is 18.2. The number of hydrogen-bond donors (Lipinski definition) is 3. The van der Waals surface area contributed by atoms with E-state index in [1.54, 1.807) is 0 Å². The summed E-state index contributed by atoms with van der Waals surface area (Å²) in [5, 5.41) is 18.2. The number of ether oxygens (including phenoxy) is 2. The Morgan fingerprint density at radius 2 is 1.76 bits per heavy atom. The second-order valence-electron chi connectivity index (χ2n) is 5.11. The van der Waals surface area contributed by atoms with Crippen LogP contribution in [0.5, 0.6) is 11.5 Å². The number of benzene rings is 2. The molecule has 0 bridgehead atoms. The number of anilines is 1. The SMILES string of the molecule is Cc1cc(Br)ccc1NCc1ccc2c(c1)OCO2.O=C(O)C(=O)O. The van der Waals surface area contributed by atoms with E-state index >= 15 is 0 Å². The molecular weight excluding hydrogens is 394 g/mol. The van der Waals surface area contributed by atoms with Gasteiger partial charge in [0.1, 0.15) is 0 Å². The number of halogens is 1. The Balaban J connectivity index is 0.000000326. The minimum absolute atomic E-state index is 0.317. The van der Waals surface area contributed by atoms with Crippen LogP contribution in [0.25, 0.3) is 0 Å². The average Bonchev–Trinajstić information content (AvgIpc) is 3.02. The Bertz CT molecular complexity index is 781. The van der Waals surface area contributed by atoms with E-state index < -0.39 is 11.9 Å². The summed E-state index contributed by atoms with van der Waals surface area (Å²) in [6.45, 7) is 3.17. The Hall–Kier alpha value is -2.74. The molecule has 0 fully saturated rings. The number of carboxylic acid groups (broad SMARTS) is 2. The molecule has 0 spiro atoms. The number of nitrogens with one attached hydrogen (secondary N) is 1. The van der Waals surface area contributed by atoms with Crippen LogP contribution in [0.15, 0.2) is 40.9 Å². The zero-order valence-electron chi connectivity index (χ0n) is 13.3. The van der Waals surface area contributed by atoms with Crippen LogP contribution in [0.1, 0.15) is 11.1 Å². The van der Waals surface area contributed by atoms with E-state index in [0.29, 0.717) is 6.79 Å². The molecule has 0 atom stereocenters. The van der Waals surface area contributed by atoms with Crippen molar-refractivity contribution in [3.63, 3.8) is 0 Å². The summed E-state index contributed by atoms with van der Waals surface area (Å²) in [6, 6.07) is 12.2. The minimum atomic E-state index is -1.82. The molecular formula is C17H16BrNO6. The van der Waals surface area contributed by atoms with Crippen LogP contribution in [-0.4, -0.2) is 28.9 Å². The predicted molar refractivity (Wildman–Crippen MR) is 94.0 cm³/mol. The Labute approximate surface area is 152 Å². The van der Waals surface area contributed by atoms with E-state index in [2.05, 4.69) is 46.4 Å². The van der Waals surface area contributed by atoms with Gasteiger partial charge in [0.15, 0.2) is 11.5 Å². The van der Waals surface area contributed by atoms with E-state index in [1.807, 2.05) is 18.2 Å². The molecule has 3 N–H and O–H groups in total. The zero-order valence-corrected chi connectivity index (χ0v) is 14.9. The molecule has 0 aliphatic carbocycles. The lowest BCUT2D eigenvalue weighted by atomic mass is 10.1. The fourth-order valence-electron chi connectivity index (χ4n) is 2.07. The van der Waals surface area contributed by atoms with Gasteiger partial charge in [0, 0.05) is 16.7 Å². The summed E-state index contributed by atoms with van der Waals surface area (Å²) in [6.07, 6.45) is 0. The normalized spacial score (nSPS) is 11.3. The fourth-order valence-corrected chi connectivity index (χ4v) is 2.55. The maximum absolute atomic E-state index is 9.10. The lowest BCUT2D eigenvalue weighted by Crippen LogP contribution is -2.09. The largest absolute Gasteiger partial charge is 0.473 e. The van der Waals surface area contributed by atoms with Gasteiger partial charge in [0.2, 0.25) is 6.79 Å². The van der Waals surface area contributed by atoms with Crippen LogP contribution < -0.4 is 14.8 Å². The first-order valence-corrected chi connectivity index (χ1v) is 8.01. The van der Waals surface area contributed by atoms with Crippen LogP contribution in [0.2, 0.25) is 0 Å². The molecule has 0 amide bonds. The maximum Gasteiger partial charge on any atom is 0.414 e. The molecule has 0 unspecified atom stereocenters. The van der Waals surface area contributed by atoms with Gasteiger partial charge in [0.25, 0.3) is 0 Å². The minimum Gasteiger partial charge on any atom is -0.473 e. The van der Waals surface area contributed by atoms with Crippen molar-refractivity contribution in [2.24, 2.45) is 0 Å². The fraction of sp³-hybridized carbons (Fsp3) is 0.176. The van der Waals surface area contributed by atoms with Crippen LogP contribution in [-0.2, 0) is 16.1 Å². The lowest BCUT2D eigenvalue weighted by Gasteiger charge is -2.10. The summed E-state index contributed by atoms with van der Waals surface area (Å²) < 4.78 is 11.8. The number of hydrogen-bond acceptors (Lipinski definition) is 5. The van der Waals surface area contributed by atoms with E-state index in [1.165, 1.54) is 11.1 Å². The standard InChI is InChI=1S/C15H14BrNO2.C2H2O4/c1-10-6-12(16)3-4-13(10)17-8-11-2-5-14-15(7-11)19-9-18-14;3-1(4)2(5)6/h2-7,17H,8-9H2,1H3;(H,3,4)(H,5,6). The molecule has 132 valence electrons. The highest BCUT2D eigenvalue weighted by Gasteiger charge is 2.13. The molecule has 3 rings (SSSR count). The van der Waals surface area contributed by atoms with E-state index in [-0.39, 0.29) is 0 Å². The van der Waals surface area contributed by atoms with Crippen molar-refractivity contribution >= 4 is 33.6 Å². The topological polar surface area (TPSA) is 105 Å². The second kappa shape index (κ2) is 8.39. The Morgan fingerprint density at radius 1 is 1.08 bits per heavy atom. The van der Waals surface area contributed by atoms with Gasteiger partial charge in [-0.15, -0.1) is 0 Å². The number of carbonyl (C=O) groups is 2. The number of carboxylic acids is 2. The van der Waals surface area contributed by atoms with Crippen molar-refractivity contribution in [1.82, 2.24) is 0 Å². The average molecular weight is 410 g/mol. The third kappa shape index (κ3) is 5.39.